The number of alkyl halides is 3. The minimum atomic E-state index is -4.38. The van der Waals surface area contributed by atoms with E-state index in [1.807, 2.05) is 0 Å². The summed E-state index contributed by atoms with van der Waals surface area (Å²) in [7, 11) is 0. The van der Waals surface area contributed by atoms with Gasteiger partial charge in [0.2, 0.25) is 0 Å². The smallest absolute Gasteiger partial charge is 0.375 e. The van der Waals surface area contributed by atoms with Crippen molar-refractivity contribution in [2.24, 2.45) is 0 Å². The van der Waals surface area contributed by atoms with Crippen molar-refractivity contribution in [1.29, 1.82) is 0 Å². The topological polar surface area (TPSA) is 51.8 Å². The molecule has 0 unspecified atom stereocenters. The molecule has 0 fully saturated rings. The molecule has 0 aliphatic rings. The van der Waals surface area contributed by atoms with Crippen molar-refractivity contribution in [1.82, 2.24) is 9.97 Å². The molecule has 0 radical (unpaired) electrons. The highest BCUT2D eigenvalue weighted by molar-refractivity contribution is 7.13. The van der Waals surface area contributed by atoms with Gasteiger partial charge in [-0.25, -0.2) is 4.98 Å². The molecule has 7 heteroatoms. The van der Waals surface area contributed by atoms with Crippen molar-refractivity contribution in [3.63, 3.8) is 0 Å². The number of hydrogen-bond donors (Lipinski definition) is 1. The molecule has 0 aromatic carbocycles. The number of nitrogens with zero attached hydrogens (tertiary/aromatic N) is 2. The number of aromatic nitrogens is 2. The van der Waals surface area contributed by atoms with Crippen molar-refractivity contribution < 1.29 is 13.2 Å². The number of hydrogen-bond acceptors (Lipinski definition) is 4. The Morgan fingerprint density at radius 2 is 1.88 bits per heavy atom. The largest absolute Gasteiger partial charge is 0.416 e. The van der Waals surface area contributed by atoms with E-state index in [9.17, 15) is 13.2 Å². The number of anilines is 1. The highest BCUT2D eigenvalue weighted by Crippen LogP contribution is 2.32. The molecule has 2 rings (SSSR count). The lowest BCUT2D eigenvalue weighted by atomic mass is 10.1. The fourth-order valence-electron chi connectivity index (χ4n) is 1.37. The summed E-state index contributed by atoms with van der Waals surface area (Å²) < 4.78 is 37.8. The standard InChI is InChI=1S/C10H8F3N3S/c1-5-2-6(10(11,12)13)3-7(15-5)8-4-17-9(14)16-8/h2-4H,1H3,(H2,14,16). The Kier molecular flexibility index (Phi) is 2.78. The van der Waals surface area contributed by atoms with Gasteiger partial charge in [-0.3, -0.25) is 4.98 Å². The molecule has 90 valence electrons. The maximum Gasteiger partial charge on any atom is 0.416 e. The Morgan fingerprint density at radius 1 is 1.18 bits per heavy atom. The number of aryl methyl sites for hydroxylation is 1. The highest BCUT2D eigenvalue weighted by atomic mass is 32.1. The third-order valence-corrected chi connectivity index (χ3v) is 2.74. The van der Waals surface area contributed by atoms with Crippen LogP contribution in [0.4, 0.5) is 18.3 Å². The molecule has 0 saturated carbocycles. The lowest BCUT2D eigenvalue weighted by Crippen LogP contribution is -2.06. The summed E-state index contributed by atoms with van der Waals surface area (Å²) in [5, 5.41) is 1.88. The van der Waals surface area contributed by atoms with Gasteiger partial charge in [0.25, 0.3) is 0 Å². The van der Waals surface area contributed by atoms with E-state index in [0.29, 0.717) is 16.5 Å². The zero-order chi connectivity index (χ0) is 12.6. The lowest BCUT2D eigenvalue weighted by molar-refractivity contribution is -0.137. The van der Waals surface area contributed by atoms with Gasteiger partial charge < -0.3 is 5.73 Å². The van der Waals surface area contributed by atoms with Crippen LogP contribution in [0.5, 0.6) is 0 Å². The van der Waals surface area contributed by atoms with Gasteiger partial charge in [0.1, 0.15) is 5.69 Å². The van der Waals surface area contributed by atoms with E-state index < -0.39 is 11.7 Å². The van der Waals surface area contributed by atoms with Crippen LogP contribution in [-0.4, -0.2) is 9.97 Å². The fourth-order valence-corrected chi connectivity index (χ4v) is 1.93. The van der Waals surface area contributed by atoms with Gasteiger partial charge in [-0.15, -0.1) is 11.3 Å². The van der Waals surface area contributed by atoms with E-state index in [0.717, 1.165) is 23.5 Å². The third-order valence-electron chi connectivity index (χ3n) is 2.07. The van der Waals surface area contributed by atoms with Crippen LogP contribution in [0.2, 0.25) is 0 Å². The monoisotopic (exact) mass is 259 g/mol. The minimum Gasteiger partial charge on any atom is -0.375 e. The van der Waals surface area contributed by atoms with Gasteiger partial charge in [-0.1, -0.05) is 0 Å². The van der Waals surface area contributed by atoms with E-state index in [4.69, 9.17) is 5.73 Å². The van der Waals surface area contributed by atoms with Crippen molar-refractivity contribution in [3.05, 3.63) is 28.8 Å². The maximum absolute atomic E-state index is 12.6. The molecule has 17 heavy (non-hydrogen) atoms. The first-order valence-corrected chi connectivity index (χ1v) is 5.51. The van der Waals surface area contributed by atoms with Crippen LogP contribution in [0.15, 0.2) is 17.5 Å². The number of pyridine rings is 1. The Balaban J connectivity index is 2.52. The molecule has 0 aliphatic carbocycles. The first-order chi connectivity index (χ1) is 7.86. The predicted octanol–water partition coefficient (Wildman–Crippen LogP) is 3.11. The first-order valence-electron chi connectivity index (χ1n) is 4.63. The van der Waals surface area contributed by atoms with Crippen LogP contribution in [-0.2, 0) is 6.18 Å². The van der Waals surface area contributed by atoms with Crippen LogP contribution in [0.25, 0.3) is 11.4 Å². The molecule has 2 aromatic heterocycles. The van der Waals surface area contributed by atoms with Gasteiger partial charge in [0.15, 0.2) is 5.13 Å². The van der Waals surface area contributed by atoms with Crippen LogP contribution in [0.1, 0.15) is 11.3 Å². The summed E-state index contributed by atoms with van der Waals surface area (Å²) in [6, 6.07) is 1.97. The van der Waals surface area contributed by atoms with Crippen molar-refractivity contribution >= 4 is 16.5 Å². The molecule has 0 saturated heterocycles. The summed E-state index contributed by atoms with van der Waals surface area (Å²) in [5.41, 5.74) is 5.55. The van der Waals surface area contributed by atoms with Crippen LogP contribution < -0.4 is 5.73 Å². The molecule has 2 N–H and O–H groups in total. The van der Waals surface area contributed by atoms with Crippen molar-refractivity contribution in [2.45, 2.75) is 13.1 Å². The molecule has 2 heterocycles. The predicted molar refractivity (Wildman–Crippen MR) is 59.5 cm³/mol. The van der Waals surface area contributed by atoms with Gasteiger partial charge in [0, 0.05) is 11.1 Å². The van der Waals surface area contributed by atoms with Crippen LogP contribution >= 0.6 is 11.3 Å². The molecule has 0 spiro atoms. The van der Waals surface area contributed by atoms with Crippen LogP contribution in [0, 0.1) is 6.92 Å². The Labute approximate surface area is 99.1 Å². The van der Waals surface area contributed by atoms with E-state index >= 15 is 0 Å². The van der Waals surface area contributed by atoms with Gasteiger partial charge in [0.05, 0.1) is 11.3 Å². The van der Waals surface area contributed by atoms with Gasteiger partial charge >= 0.3 is 6.18 Å². The van der Waals surface area contributed by atoms with E-state index in [1.165, 1.54) is 6.92 Å². The quantitative estimate of drug-likeness (QED) is 0.856. The summed E-state index contributed by atoms with van der Waals surface area (Å²) in [6.45, 7) is 1.51. The summed E-state index contributed by atoms with van der Waals surface area (Å²) in [4.78, 5) is 7.93. The second kappa shape index (κ2) is 3.99. The fraction of sp³-hybridized carbons (Fsp3) is 0.200. The average Bonchev–Trinajstić information content (AvgIpc) is 2.62. The normalized spacial score (nSPS) is 11.8. The molecular formula is C10H8F3N3S. The van der Waals surface area contributed by atoms with E-state index in [-0.39, 0.29) is 5.69 Å². The lowest BCUT2D eigenvalue weighted by Gasteiger charge is -2.08. The molecule has 0 aliphatic heterocycles. The van der Waals surface area contributed by atoms with Crippen molar-refractivity contribution in [3.8, 4) is 11.4 Å². The second-order valence-electron chi connectivity index (χ2n) is 3.45. The Hall–Kier alpha value is -1.63. The Morgan fingerprint density at radius 3 is 2.41 bits per heavy atom. The zero-order valence-corrected chi connectivity index (χ0v) is 9.56. The Bertz CT molecular complexity index is 548. The molecule has 0 atom stereocenters. The van der Waals surface area contributed by atoms with Gasteiger partial charge in [-0.2, -0.15) is 13.2 Å². The number of rotatable bonds is 1. The summed E-state index contributed by atoms with van der Waals surface area (Å²) >= 11 is 1.16. The maximum atomic E-state index is 12.6. The number of thiazole rings is 1. The number of halogens is 3. The van der Waals surface area contributed by atoms with Crippen molar-refractivity contribution in [2.75, 3.05) is 5.73 Å². The summed E-state index contributed by atoms with van der Waals surface area (Å²) in [6.07, 6.45) is -4.38. The van der Waals surface area contributed by atoms with E-state index in [2.05, 4.69) is 9.97 Å². The molecule has 2 aromatic rings. The zero-order valence-electron chi connectivity index (χ0n) is 8.75. The number of nitrogens with two attached hydrogens (primary N) is 1. The van der Waals surface area contributed by atoms with Crippen LogP contribution in [0.3, 0.4) is 0 Å². The SMILES string of the molecule is Cc1cc(C(F)(F)F)cc(-c2csc(N)n2)n1. The molecule has 0 amide bonds. The second-order valence-corrected chi connectivity index (χ2v) is 4.34. The number of nitrogen functional groups attached to an aromatic ring is 1. The summed E-state index contributed by atoms with van der Waals surface area (Å²) in [5.74, 6) is 0. The average molecular weight is 259 g/mol. The minimum absolute atomic E-state index is 0.185. The molecule has 0 bridgehead atoms. The molecule has 3 nitrogen and oxygen atoms in total. The first kappa shape index (κ1) is 11.8. The van der Waals surface area contributed by atoms with Gasteiger partial charge in [-0.05, 0) is 19.1 Å². The van der Waals surface area contributed by atoms with E-state index in [1.54, 1.807) is 5.38 Å². The molecular weight excluding hydrogens is 251 g/mol. The highest BCUT2D eigenvalue weighted by Gasteiger charge is 2.31. The third kappa shape index (κ3) is 2.55.